The lowest BCUT2D eigenvalue weighted by atomic mass is 10.0. The maximum absolute atomic E-state index is 12.7. The Balaban J connectivity index is 1.90. The van der Waals surface area contributed by atoms with E-state index in [1.54, 1.807) is 0 Å². The number of benzene rings is 1. The highest BCUT2D eigenvalue weighted by atomic mass is 16.3. The van der Waals surface area contributed by atoms with Crippen LogP contribution < -0.4 is 5.32 Å². The van der Waals surface area contributed by atoms with E-state index in [1.165, 1.54) is 5.56 Å². The van der Waals surface area contributed by atoms with E-state index in [2.05, 4.69) is 41.6 Å². The highest BCUT2D eigenvalue weighted by Gasteiger charge is 2.28. The van der Waals surface area contributed by atoms with Gasteiger partial charge in [-0.25, -0.2) is 4.68 Å². The number of amides is 1. The zero-order valence-electron chi connectivity index (χ0n) is 15.2. The average Bonchev–Trinajstić information content (AvgIpc) is 3.23. The van der Waals surface area contributed by atoms with Crippen molar-refractivity contribution in [2.24, 2.45) is 5.92 Å². The van der Waals surface area contributed by atoms with Gasteiger partial charge in [0.05, 0.1) is 5.69 Å². The standard InChI is InChI=1S/C20H27N3O2/c1-4-15-8-10-16(11-9-15)23-18-7-5-6-17(18)19(22-23)20(25)21-14(3)13(2)12-24/h8-11,13-14,24H,4-7,12H2,1-3H3,(H,21,25). The van der Waals surface area contributed by atoms with Crippen LogP contribution in [-0.4, -0.2) is 33.4 Å². The number of hydrogen-bond donors (Lipinski definition) is 2. The topological polar surface area (TPSA) is 67.2 Å². The van der Waals surface area contributed by atoms with Crippen LogP contribution in [0.5, 0.6) is 0 Å². The molecule has 0 spiro atoms. The predicted octanol–water partition coefficient (Wildman–Crippen LogP) is 2.67. The minimum atomic E-state index is -0.144. The van der Waals surface area contributed by atoms with Crippen LogP contribution in [0.1, 0.15) is 54.5 Å². The highest BCUT2D eigenvalue weighted by molar-refractivity contribution is 5.94. The molecular weight excluding hydrogens is 314 g/mol. The molecule has 2 atom stereocenters. The fourth-order valence-corrected chi connectivity index (χ4v) is 3.28. The van der Waals surface area contributed by atoms with E-state index in [1.807, 2.05) is 18.5 Å². The van der Waals surface area contributed by atoms with E-state index < -0.39 is 0 Å². The average molecular weight is 341 g/mol. The van der Waals surface area contributed by atoms with Crippen LogP contribution in [0.4, 0.5) is 0 Å². The van der Waals surface area contributed by atoms with Crippen molar-refractivity contribution in [3.63, 3.8) is 0 Å². The van der Waals surface area contributed by atoms with E-state index in [4.69, 9.17) is 0 Å². The van der Waals surface area contributed by atoms with Gasteiger partial charge in [-0.15, -0.1) is 0 Å². The summed E-state index contributed by atoms with van der Waals surface area (Å²) in [5.74, 6) is -0.129. The van der Waals surface area contributed by atoms with E-state index >= 15 is 0 Å². The molecular formula is C20H27N3O2. The van der Waals surface area contributed by atoms with Crippen molar-refractivity contribution in [3.8, 4) is 5.69 Å². The van der Waals surface area contributed by atoms with Crippen molar-refractivity contribution in [1.82, 2.24) is 15.1 Å². The van der Waals surface area contributed by atoms with Gasteiger partial charge in [-0.3, -0.25) is 4.79 Å². The Morgan fingerprint density at radius 3 is 2.64 bits per heavy atom. The van der Waals surface area contributed by atoms with Gasteiger partial charge >= 0.3 is 0 Å². The number of carbonyl (C=O) groups is 1. The Hall–Kier alpha value is -2.14. The van der Waals surface area contributed by atoms with Crippen LogP contribution in [0.3, 0.4) is 0 Å². The molecule has 1 aliphatic carbocycles. The molecule has 0 aliphatic heterocycles. The van der Waals surface area contributed by atoms with Crippen LogP contribution in [0, 0.1) is 5.92 Å². The third kappa shape index (κ3) is 3.47. The first-order valence-corrected chi connectivity index (χ1v) is 9.17. The van der Waals surface area contributed by atoms with Crippen LogP contribution >= 0.6 is 0 Å². The number of rotatable bonds is 6. The fourth-order valence-electron chi connectivity index (χ4n) is 3.28. The molecule has 0 saturated heterocycles. The van der Waals surface area contributed by atoms with Gasteiger partial charge in [-0.05, 0) is 56.2 Å². The van der Waals surface area contributed by atoms with Crippen LogP contribution in [0.15, 0.2) is 24.3 Å². The Labute approximate surface area is 149 Å². The minimum Gasteiger partial charge on any atom is -0.396 e. The number of nitrogens with one attached hydrogen (secondary N) is 1. The number of hydrogen-bond acceptors (Lipinski definition) is 3. The first-order chi connectivity index (χ1) is 12.0. The molecule has 0 radical (unpaired) electrons. The van der Waals surface area contributed by atoms with Crippen molar-refractivity contribution in [3.05, 3.63) is 46.8 Å². The normalized spacial score (nSPS) is 15.7. The lowest BCUT2D eigenvalue weighted by Gasteiger charge is -2.18. The Bertz CT molecular complexity index is 749. The third-order valence-electron chi connectivity index (χ3n) is 5.23. The summed E-state index contributed by atoms with van der Waals surface area (Å²) >= 11 is 0. The van der Waals surface area contributed by atoms with Crippen molar-refractivity contribution in [2.45, 2.75) is 52.5 Å². The molecule has 0 bridgehead atoms. The number of aliphatic hydroxyl groups is 1. The molecule has 1 amide bonds. The smallest absolute Gasteiger partial charge is 0.272 e. The summed E-state index contributed by atoms with van der Waals surface area (Å²) < 4.78 is 1.93. The Kier molecular flexibility index (Phi) is 5.23. The molecule has 1 aromatic heterocycles. The van der Waals surface area contributed by atoms with E-state index in [-0.39, 0.29) is 24.5 Å². The zero-order valence-corrected chi connectivity index (χ0v) is 15.2. The third-order valence-corrected chi connectivity index (χ3v) is 5.23. The summed E-state index contributed by atoms with van der Waals surface area (Å²) in [6.45, 7) is 6.03. The quantitative estimate of drug-likeness (QED) is 0.849. The van der Waals surface area contributed by atoms with E-state index in [9.17, 15) is 9.90 Å². The molecule has 0 saturated carbocycles. The molecule has 1 heterocycles. The lowest BCUT2D eigenvalue weighted by molar-refractivity contribution is 0.0910. The van der Waals surface area contributed by atoms with Gasteiger partial charge in [-0.1, -0.05) is 26.0 Å². The minimum absolute atomic E-state index is 0.0145. The number of carbonyl (C=O) groups excluding carboxylic acids is 1. The molecule has 25 heavy (non-hydrogen) atoms. The SMILES string of the molecule is CCc1ccc(-n2nc(C(=O)NC(C)C(C)CO)c3c2CCC3)cc1. The van der Waals surface area contributed by atoms with Crippen LogP contribution in [0.25, 0.3) is 5.69 Å². The Morgan fingerprint density at radius 2 is 2.00 bits per heavy atom. The molecule has 1 aromatic carbocycles. The highest BCUT2D eigenvalue weighted by Crippen LogP contribution is 2.28. The summed E-state index contributed by atoms with van der Waals surface area (Å²) in [7, 11) is 0. The van der Waals surface area contributed by atoms with Crippen molar-refractivity contribution in [2.75, 3.05) is 6.61 Å². The van der Waals surface area contributed by atoms with Crippen molar-refractivity contribution < 1.29 is 9.90 Å². The maximum atomic E-state index is 12.7. The number of fused-ring (bicyclic) bond motifs is 1. The van der Waals surface area contributed by atoms with E-state index in [0.717, 1.165) is 42.6 Å². The van der Waals surface area contributed by atoms with Crippen molar-refractivity contribution >= 4 is 5.91 Å². The van der Waals surface area contributed by atoms with Crippen molar-refractivity contribution in [1.29, 1.82) is 0 Å². The first-order valence-electron chi connectivity index (χ1n) is 9.17. The molecule has 134 valence electrons. The molecule has 2 unspecified atom stereocenters. The number of nitrogens with zero attached hydrogens (tertiary/aromatic N) is 2. The second-order valence-corrected chi connectivity index (χ2v) is 6.98. The summed E-state index contributed by atoms with van der Waals surface area (Å²) in [4.78, 5) is 12.7. The number of aryl methyl sites for hydroxylation is 1. The largest absolute Gasteiger partial charge is 0.396 e. The van der Waals surface area contributed by atoms with Gasteiger partial charge < -0.3 is 10.4 Å². The second-order valence-electron chi connectivity index (χ2n) is 6.98. The van der Waals surface area contributed by atoms with E-state index in [0.29, 0.717) is 5.69 Å². The number of aliphatic hydroxyl groups excluding tert-OH is 1. The van der Waals surface area contributed by atoms with Gasteiger partial charge in [0.2, 0.25) is 0 Å². The van der Waals surface area contributed by atoms with Crippen LogP contribution in [0.2, 0.25) is 0 Å². The zero-order chi connectivity index (χ0) is 18.0. The monoisotopic (exact) mass is 341 g/mol. The summed E-state index contributed by atoms with van der Waals surface area (Å²) in [6, 6.07) is 8.28. The summed E-state index contributed by atoms with van der Waals surface area (Å²) in [5, 5.41) is 16.9. The molecule has 5 heteroatoms. The molecule has 5 nitrogen and oxygen atoms in total. The summed E-state index contributed by atoms with van der Waals surface area (Å²) in [6.07, 6.45) is 3.91. The molecule has 3 rings (SSSR count). The molecule has 2 N–H and O–H groups in total. The first kappa shape index (κ1) is 17.7. The van der Waals surface area contributed by atoms with Gasteiger partial charge in [0.15, 0.2) is 5.69 Å². The molecule has 1 aliphatic rings. The van der Waals surface area contributed by atoms with Gasteiger partial charge in [-0.2, -0.15) is 5.10 Å². The van der Waals surface area contributed by atoms with Gasteiger partial charge in [0, 0.05) is 23.9 Å². The molecule has 2 aromatic rings. The maximum Gasteiger partial charge on any atom is 0.272 e. The Morgan fingerprint density at radius 1 is 1.28 bits per heavy atom. The second kappa shape index (κ2) is 7.40. The lowest BCUT2D eigenvalue weighted by Crippen LogP contribution is -2.38. The summed E-state index contributed by atoms with van der Waals surface area (Å²) in [5.41, 5.74) is 5.05. The predicted molar refractivity (Wildman–Crippen MR) is 98.1 cm³/mol. The molecule has 0 fully saturated rings. The van der Waals surface area contributed by atoms with Gasteiger partial charge in [0.25, 0.3) is 5.91 Å². The fraction of sp³-hybridized carbons (Fsp3) is 0.500. The van der Waals surface area contributed by atoms with Gasteiger partial charge in [0.1, 0.15) is 0 Å². The van der Waals surface area contributed by atoms with Crippen LogP contribution in [-0.2, 0) is 19.3 Å². The number of aromatic nitrogens is 2.